The molecule has 0 aliphatic heterocycles. The molecule has 0 saturated carbocycles. The van der Waals surface area contributed by atoms with Crippen LogP contribution < -0.4 is 14.4 Å². The summed E-state index contributed by atoms with van der Waals surface area (Å²) < 4.78 is 86.1. The quantitative estimate of drug-likeness (QED) is 0.277. The summed E-state index contributed by atoms with van der Waals surface area (Å²) in [7, 11) is 0. The lowest BCUT2D eigenvalue weighted by Gasteiger charge is -2.24. The SMILES string of the molecule is CCc1cc(Oc2ccnc(N(CCC(F)(F)F)Cc3cccc(OC(F)(F)F)c3)n2)ccc1Cl. The number of alkyl halides is 6. The van der Waals surface area contributed by atoms with Crippen molar-refractivity contribution in [2.24, 2.45) is 0 Å². The van der Waals surface area contributed by atoms with Crippen LogP contribution in [0.5, 0.6) is 17.4 Å². The summed E-state index contributed by atoms with van der Waals surface area (Å²) in [6.07, 6.45) is -8.57. The number of aromatic nitrogens is 2. The van der Waals surface area contributed by atoms with Crippen LogP contribution in [0.2, 0.25) is 5.02 Å². The third-order valence-corrected chi connectivity index (χ3v) is 5.06. The molecule has 1 heterocycles. The maximum atomic E-state index is 12.9. The Labute approximate surface area is 202 Å². The number of hydrogen-bond acceptors (Lipinski definition) is 5. The van der Waals surface area contributed by atoms with Gasteiger partial charge in [-0.2, -0.15) is 18.2 Å². The van der Waals surface area contributed by atoms with Gasteiger partial charge in [0, 0.05) is 30.4 Å². The molecule has 3 rings (SSSR count). The molecule has 1 aromatic heterocycles. The standard InChI is InChI=1S/C23H20ClF6N3O2/c1-2-16-13-17(6-7-19(16)24)34-20-8-10-31-21(32-20)33(11-9-22(25,26)27)14-15-4-3-5-18(12-15)35-23(28,29)30/h3-8,10,12-13H,2,9,11,14H2,1H3. The lowest BCUT2D eigenvalue weighted by atomic mass is 10.1. The maximum Gasteiger partial charge on any atom is 0.573 e. The van der Waals surface area contributed by atoms with Gasteiger partial charge in [0.1, 0.15) is 11.5 Å². The van der Waals surface area contributed by atoms with Crippen LogP contribution in [0.25, 0.3) is 0 Å². The van der Waals surface area contributed by atoms with E-state index in [2.05, 4.69) is 14.7 Å². The minimum Gasteiger partial charge on any atom is -0.439 e. The topological polar surface area (TPSA) is 47.5 Å². The van der Waals surface area contributed by atoms with Gasteiger partial charge >= 0.3 is 12.5 Å². The lowest BCUT2D eigenvalue weighted by Crippen LogP contribution is -2.29. The molecular formula is C23H20ClF6N3O2. The van der Waals surface area contributed by atoms with Crippen molar-refractivity contribution in [2.75, 3.05) is 11.4 Å². The predicted molar refractivity (Wildman–Crippen MR) is 118 cm³/mol. The molecule has 0 spiro atoms. The Morgan fingerprint density at radius 2 is 1.74 bits per heavy atom. The predicted octanol–water partition coefficient (Wildman–Crippen LogP) is 7.34. The molecule has 0 fully saturated rings. The van der Waals surface area contributed by atoms with Gasteiger partial charge in [-0.15, -0.1) is 13.2 Å². The summed E-state index contributed by atoms with van der Waals surface area (Å²) in [5, 5.41) is 0.568. The highest BCUT2D eigenvalue weighted by molar-refractivity contribution is 6.31. The third kappa shape index (κ3) is 8.50. The second-order valence-corrected chi connectivity index (χ2v) is 7.79. The van der Waals surface area contributed by atoms with Crippen LogP contribution in [0.4, 0.5) is 32.3 Å². The van der Waals surface area contributed by atoms with Gasteiger partial charge in [-0.3, -0.25) is 0 Å². The zero-order valence-electron chi connectivity index (χ0n) is 18.3. The number of hydrogen-bond donors (Lipinski definition) is 0. The molecule has 35 heavy (non-hydrogen) atoms. The summed E-state index contributed by atoms with van der Waals surface area (Å²) in [4.78, 5) is 9.45. The Kier molecular flexibility index (Phi) is 8.31. The Balaban J connectivity index is 1.85. The van der Waals surface area contributed by atoms with Crippen molar-refractivity contribution in [3.8, 4) is 17.4 Å². The van der Waals surface area contributed by atoms with Crippen molar-refractivity contribution in [1.29, 1.82) is 0 Å². The van der Waals surface area contributed by atoms with Gasteiger partial charge in [0.15, 0.2) is 0 Å². The van der Waals surface area contributed by atoms with Crippen molar-refractivity contribution < 1.29 is 35.8 Å². The summed E-state index contributed by atoms with van der Waals surface area (Å²) in [5.41, 5.74) is 1.11. The number of aryl methyl sites for hydroxylation is 1. The molecule has 0 aliphatic rings. The maximum absolute atomic E-state index is 12.9. The van der Waals surface area contributed by atoms with Crippen LogP contribution in [-0.2, 0) is 13.0 Å². The Morgan fingerprint density at radius 3 is 2.43 bits per heavy atom. The van der Waals surface area contributed by atoms with Crippen LogP contribution >= 0.6 is 11.6 Å². The van der Waals surface area contributed by atoms with E-state index in [4.69, 9.17) is 16.3 Å². The van der Waals surface area contributed by atoms with Crippen molar-refractivity contribution in [1.82, 2.24) is 9.97 Å². The molecule has 0 saturated heterocycles. The van der Waals surface area contributed by atoms with Crippen molar-refractivity contribution >= 4 is 17.5 Å². The van der Waals surface area contributed by atoms with E-state index in [9.17, 15) is 26.3 Å². The van der Waals surface area contributed by atoms with Crippen molar-refractivity contribution in [2.45, 2.75) is 38.8 Å². The fraction of sp³-hybridized carbons (Fsp3) is 0.304. The monoisotopic (exact) mass is 519 g/mol. The first-order chi connectivity index (χ1) is 16.4. The van der Waals surface area contributed by atoms with Crippen LogP contribution in [-0.4, -0.2) is 29.1 Å². The smallest absolute Gasteiger partial charge is 0.439 e. The molecule has 3 aromatic rings. The van der Waals surface area contributed by atoms with E-state index in [1.807, 2.05) is 6.92 Å². The molecule has 0 radical (unpaired) electrons. The van der Waals surface area contributed by atoms with E-state index in [1.54, 1.807) is 18.2 Å². The minimum atomic E-state index is -4.90. The highest BCUT2D eigenvalue weighted by Crippen LogP contribution is 2.29. The molecule has 0 aliphatic carbocycles. The Bertz CT molecular complexity index is 1140. The number of nitrogens with zero attached hydrogens (tertiary/aromatic N) is 3. The van der Waals surface area contributed by atoms with E-state index < -0.39 is 31.3 Å². The van der Waals surface area contributed by atoms with Gasteiger partial charge in [0.25, 0.3) is 0 Å². The largest absolute Gasteiger partial charge is 0.573 e. The van der Waals surface area contributed by atoms with Gasteiger partial charge in [0.2, 0.25) is 11.8 Å². The molecule has 0 bridgehead atoms. The van der Waals surface area contributed by atoms with E-state index in [-0.39, 0.29) is 23.9 Å². The fourth-order valence-corrected chi connectivity index (χ4v) is 3.37. The first-order valence-corrected chi connectivity index (χ1v) is 10.8. The van der Waals surface area contributed by atoms with Gasteiger partial charge in [-0.1, -0.05) is 30.7 Å². The molecule has 5 nitrogen and oxygen atoms in total. The van der Waals surface area contributed by atoms with Crippen molar-refractivity contribution in [3.05, 3.63) is 70.9 Å². The Hall–Kier alpha value is -3.21. The van der Waals surface area contributed by atoms with E-state index in [0.29, 0.717) is 17.2 Å². The molecule has 12 heteroatoms. The summed E-state index contributed by atoms with van der Waals surface area (Å²) in [5.74, 6) is -0.0721. The molecule has 0 atom stereocenters. The number of anilines is 1. The third-order valence-electron chi connectivity index (χ3n) is 4.69. The molecule has 0 unspecified atom stereocenters. The second kappa shape index (κ2) is 11.0. The first kappa shape index (κ1) is 26.4. The zero-order chi connectivity index (χ0) is 25.6. The van der Waals surface area contributed by atoms with E-state index in [1.165, 1.54) is 29.3 Å². The molecule has 0 N–H and O–H groups in total. The van der Waals surface area contributed by atoms with Gasteiger partial charge in [-0.25, -0.2) is 4.98 Å². The molecular weight excluding hydrogens is 500 g/mol. The van der Waals surface area contributed by atoms with E-state index in [0.717, 1.165) is 17.7 Å². The minimum absolute atomic E-state index is 0.0746. The van der Waals surface area contributed by atoms with Crippen molar-refractivity contribution in [3.63, 3.8) is 0 Å². The average Bonchev–Trinajstić information content (AvgIpc) is 2.76. The lowest BCUT2D eigenvalue weighted by molar-refractivity contribution is -0.274. The van der Waals surface area contributed by atoms with Crippen LogP contribution in [0.3, 0.4) is 0 Å². The average molecular weight is 520 g/mol. The molecule has 0 amide bonds. The second-order valence-electron chi connectivity index (χ2n) is 7.39. The van der Waals surface area contributed by atoms with Gasteiger partial charge < -0.3 is 14.4 Å². The fourth-order valence-electron chi connectivity index (χ4n) is 3.12. The van der Waals surface area contributed by atoms with Crippen LogP contribution in [0.15, 0.2) is 54.7 Å². The number of halogens is 7. The van der Waals surface area contributed by atoms with E-state index >= 15 is 0 Å². The molecule has 2 aromatic carbocycles. The molecule has 188 valence electrons. The van der Waals surface area contributed by atoms with Gasteiger partial charge in [-0.05, 0) is 47.9 Å². The number of benzene rings is 2. The Morgan fingerprint density at radius 1 is 0.971 bits per heavy atom. The highest BCUT2D eigenvalue weighted by Gasteiger charge is 2.31. The van der Waals surface area contributed by atoms with Crippen LogP contribution in [0, 0.1) is 0 Å². The zero-order valence-corrected chi connectivity index (χ0v) is 19.1. The number of ether oxygens (including phenoxy) is 2. The summed E-state index contributed by atoms with van der Waals surface area (Å²) in [6, 6.07) is 11.4. The summed E-state index contributed by atoms with van der Waals surface area (Å²) in [6.45, 7) is 1.19. The normalized spacial score (nSPS) is 11.9. The first-order valence-electron chi connectivity index (χ1n) is 10.4. The van der Waals surface area contributed by atoms with Gasteiger partial charge in [0.05, 0.1) is 6.42 Å². The summed E-state index contributed by atoms with van der Waals surface area (Å²) >= 11 is 6.11. The number of rotatable bonds is 9. The highest BCUT2D eigenvalue weighted by atomic mass is 35.5. The van der Waals surface area contributed by atoms with Crippen LogP contribution in [0.1, 0.15) is 24.5 Å².